The Bertz CT molecular complexity index is 861. The second kappa shape index (κ2) is 12.1. The Morgan fingerprint density at radius 1 is 1.26 bits per heavy atom. The average Bonchev–Trinajstić information content (AvgIpc) is 2.74. The van der Waals surface area contributed by atoms with Crippen LogP contribution in [0.15, 0.2) is 24.4 Å². The molecule has 1 fully saturated rings. The number of aromatic nitrogens is 1. The summed E-state index contributed by atoms with van der Waals surface area (Å²) in [4.78, 5) is 16.5. The molecule has 0 bridgehead atoms. The number of ether oxygens (including phenoxy) is 1. The number of benzene rings is 1. The predicted octanol–water partition coefficient (Wildman–Crippen LogP) is 4.55. The number of carbonyl (C=O) groups excluding carboxylic acids is 1. The molecule has 1 aromatic heterocycles. The zero-order chi connectivity index (χ0) is 23.0. The van der Waals surface area contributed by atoms with Crippen LogP contribution in [0, 0.1) is 5.92 Å². The lowest BCUT2D eigenvalue weighted by atomic mass is 9.95. The molecule has 1 aromatic carbocycles. The van der Waals surface area contributed by atoms with Gasteiger partial charge in [0.05, 0.1) is 28.8 Å². The van der Waals surface area contributed by atoms with E-state index in [1.807, 2.05) is 13.8 Å². The fourth-order valence-corrected chi connectivity index (χ4v) is 3.38. The number of pyridine rings is 1. The van der Waals surface area contributed by atoms with E-state index in [1.165, 1.54) is 24.8 Å². The third kappa shape index (κ3) is 7.87. The van der Waals surface area contributed by atoms with E-state index in [2.05, 4.69) is 15.0 Å². The van der Waals surface area contributed by atoms with E-state index in [-0.39, 0.29) is 35.2 Å². The standard InChI is InChI=1S/C17H17ClF2N2O2.C5H12O2/c18-13-7-10-6-11(16(23)22-12-4-2-1-3-5-12)9-21-14(10)8-15(13)24-17(19)20;1-4(2)5(7)3-6/h6-9,12,17H,1-5H2,(H,22,23);4-7H,3H2,1-2H3. The molecule has 1 amide bonds. The molecule has 172 valence electrons. The number of halogens is 3. The van der Waals surface area contributed by atoms with E-state index in [0.29, 0.717) is 16.5 Å². The van der Waals surface area contributed by atoms with Crippen LogP contribution in [0.5, 0.6) is 5.75 Å². The number of fused-ring (bicyclic) bond motifs is 1. The largest absolute Gasteiger partial charge is 0.433 e. The summed E-state index contributed by atoms with van der Waals surface area (Å²) in [6.07, 6.45) is 6.35. The van der Waals surface area contributed by atoms with Crippen molar-refractivity contribution in [2.75, 3.05) is 6.61 Å². The maximum absolute atomic E-state index is 12.3. The molecule has 0 spiro atoms. The van der Waals surface area contributed by atoms with Gasteiger partial charge in [0.15, 0.2) is 0 Å². The number of amides is 1. The Morgan fingerprint density at radius 2 is 1.94 bits per heavy atom. The van der Waals surface area contributed by atoms with Crippen molar-refractivity contribution in [3.8, 4) is 5.75 Å². The monoisotopic (exact) mass is 458 g/mol. The summed E-state index contributed by atoms with van der Waals surface area (Å²) in [5.74, 6) is -0.142. The number of hydrogen-bond acceptors (Lipinski definition) is 5. The number of aliphatic hydroxyl groups excluding tert-OH is 2. The molecule has 1 heterocycles. The summed E-state index contributed by atoms with van der Waals surface area (Å²) in [7, 11) is 0. The molecule has 0 radical (unpaired) electrons. The quantitative estimate of drug-likeness (QED) is 0.590. The molecular formula is C22H29ClF2N2O4. The third-order valence-electron chi connectivity index (χ3n) is 5.11. The summed E-state index contributed by atoms with van der Waals surface area (Å²) in [5.41, 5.74) is 0.857. The number of nitrogens with zero attached hydrogens (tertiary/aromatic N) is 1. The maximum atomic E-state index is 12.3. The van der Waals surface area contributed by atoms with Crippen molar-refractivity contribution in [1.29, 1.82) is 0 Å². The molecular weight excluding hydrogens is 430 g/mol. The Hall–Kier alpha value is -2.03. The fraction of sp³-hybridized carbons (Fsp3) is 0.545. The van der Waals surface area contributed by atoms with Crippen molar-refractivity contribution < 1.29 is 28.5 Å². The number of carbonyl (C=O) groups is 1. The Labute approximate surface area is 185 Å². The van der Waals surface area contributed by atoms with Crippen LogP contribution in [-0.2, 0) is 0 Å². The van der Waals surface area contributed by atoms with E-state index in [4.69, 9.17) is 21.8 Å². The van der Waals surface area contributed by atoms with E-state index in [1.54, 1.807) is 6.07 Å². The van der Waals surface area contributed by atoms with E-state index >= 15 is 0 Å². The van der Waals surface area contributed by atoms with Crippen LogP contribution in [0.25, 0.3) is 10.9 Å². The average molecular weight is 459 g/mol. The third-order valence-corrected chi connectivity index (χ3v) is 5.41. The number of hydrogen-bond donors (Lipinski definition) is 3. The molecule has 2 aromatic rings. The lowest BCUT2D eigenvalue weighted by molar-refractivity contribution is -0.0497. The van der Waals surface area contributed by atoms with E-state index < -0.39 is 12.7 Å². The Balaban J connectivity index is 0.000000423. The highest BCUT2D eigenvalue weighted by Crippen LogP contribution is 2.30. The van der Waals surface area contributed by atoms with Gasteiger partial charge >= 0.3 is 6.61 Å². The van der Waals surface area contributed by atoms with Gasteiger partial charge in [-0.3, -0.25) is 9.78 Å². The van der Waals surface area contributed by atoms with Crippen molar-refractivity contribution in [2.24, 2.45) is 5.92 Å². The highest BCUT2D eigenvalue weighted by molar-refractivity contribution is 6.32. The zero-order valence-electron chi connectivity index (χ0n) is 17.7. The normalized spacial score (nSPS) is 15.5. The molecule has 31 heavy (non-hydrogen) atoms. The zero-order valence-corrected chi connectivity index (χ0v) is 18.4. The maximum Gasteiger partial charge on any atom is 0.387 e. The van der Waals surface area contributed by atoms with Crippen LogP contribution in [0.1, 0.15) is 56.3 Å². The molecule has 0 aliphatic heterocycles. The second-order valence-corrected chi connectivity index (χ2v) is 8.29. The van der Waals surface area contributed by atoms with Crippen molar-refractivity contribution in [3.05, 3.63) is 35.0 Å². The van der Waals surface area contributed by atoms with E-state index in [0.717, 1.165) is 25.7 Å². The first-order valence-corrected chi connectivity index (χ1v) is 10.7. The van der Waals surface area contributed by atoms with E-state index in [9.17, 15) is 13.6 Å². The molecule has 1 unspecified atom stereocenters. The lowest BCUT2D eigenvalue weighted by Gasteiger charge is -2.22. The minimum atomic E-state index is -2.96. The summed E-state index contributed by atoms with van der Waals surface area (Å²) in [6, 6.07) is 4.66. The molecule has 3 rings (SSSR count). The first-order chi connectivity index (χ1) is 14.7. The Morgan fingerprint density at radius 3 is 2.48 bits per heavy atom. The highest BCUT2D eigenvalue weighted by Gasteiger charge is 2.18. The van der Waals surface area contributed by atoms with Gasteiger partial charge in [-0.2, -0.15) is 8.78 Å². The van der Waals surface area contributed by atoms with Crippen LogP contribution in [0.4, 0.5) is 8.78 Å². The van der Waals surface area contributed by atoms with Gasteiger partial charge in [-0.15, -0.1) is 0 Å². The molecule has 9 heteroatoms. The van der Waals surface area contributed by atoms with Crippen LogP contribution in [-0.4, -0.2) is 46.5 Å². The van der Waals surface area contributed by atoms with Gasteiger partial charge in [-0.25, -0.2) is 0 Å². The first kappa shape index (κ1) is 25.2. The number of aliphatic hydroxyl groups is 2. The van der Waals surface area contributed by atoms with Gasteiger partial charge < -0.3 is 20.3 Å². The van der Waals surface area contributed by atoms with Gasteiger partial charge in [0.1, 0.15) is 5.75 Å². The van der Waals surface area contributed by atoms with Crippen molar-refractivity contribution in [2.45, 2.75) is 64.7 Å². The van der Waals surface area contributed by atoms with Crippen LogP contribution in [0.2, 0.25) is 5.02 Å². The second-order valence-electron chi connectivity index (χ2n) is 7.88. The van der Waals surface area contributed by atoms with Crippen LogP contribution in [0.3, 0.4) is 0 Å². The smallest absolute Gasteiger partial charge is 0.387 e. The van der Waals surface area contributed by atoms with Crippen LogP contribution < -0.4 is 10.1 Å². The lowest BCUT2D eigenvalue weighted by Crippen LogP contribution is -2.36. The molecule has 0 saturated heterocycles. The molecule has 1 aliphatic carbocycles. The van der Waals surface area contributed by atoms with Gasteiger partial charge in [-0.05, 0) is 30.9 Å². The Kier molecular flexibility index (Phi) is 9.87. The van der Waals surface area contributed by atoms with Gasteiger partial charge in [0.25, 0.3) is 5.91 Å². The van der Waals surface area contributed by atoms with Crippen molar-refractivity contribution in [3.63, 3.8) is 0 Å². The van der Waals surface area contributed by atoms with Crippen LogP contribution >= 0.6 is 11.6 Å². The van der Waals surface area contributed by atoms with Gasteiger partial charge in [-0.1, -0.05) is 44.7 Å². The number of rotatable bonds is 6. The topological polar surface area (TPSA) is 91.7 Å². The van der Waals surface area contributed by atoms with Gasteiger partial charge in [0, 0.05) is 23.7 Å². The van der Waals surface area contributed by atoms with Crippen molar-refractivity contribution >= 4 is 28.4 Å². The minimum absolute atomic E-state index is 0.0504. The molecule has 1 atom stereocenters. The molecule has 6 nitrogen and oxygen atoms in total. The number of nitrogens with one attached hydrogen (secondary N) is 1. The summed E-state index contributed by atoms with van der Waals surface area (Å²) in [5, 5.41) is 20.6. The summed E-state index contributed by atoms with van der Waals surface area (Å²) < 4.78 is 29.0. The first-order valence-electron chi connectivity index (χ1n) is 10.3. The fourth-order valence-electron chi connectivity index (χ4n) is 3.17. The highest BCUT2D eigenvalue weighted by atomic mass is 35.5. The van der Waals surface area contributed by atoms with Gasteiger partial charge in [0.2, 0.25) is 0 Å². The SMILES string of the molecule is CC(C)C(O)CO.O=C(NC1CCCCC1)c1cnc2cc(OC(F)F)c(Cl)cc2c1. The number of alkyl halides is 2. The predicted molar refractivity (Wildman–Crippen MR) is 116 cm³/mol. The summed E-state index contributed by atoms with van der Waals surface area (Å²) in [6.45, 7) is 0.639. The van der Waals surface area contributed by atoms with Crippen molar-refractivity contribution in [1.82, 2.24) is 10.3 Å². The molecule has 3 N–H and O–H groups in total. The molecule has 1 aliphatic rings. The summed E-state index contributed by atoms with van der Waals surface area (Å²) >= 11 is 5.95. The molecule has 1 saturated carbocycles. The minimum Gasteiger partial charge on any atom is -0.433 e.